The topological polar surface area (TPSA) is 85.5 Å². The Morgan fingerprint density at radius 3 is 2.70 bits per heavy atom. The van der Waals surface area contributed by atoms with Gasteiger partial charge in [0.05, 0.1) is 43.3 Å². The van der Waals surface area contributed by atoms with Crippen molar-refractivity contribution in [3.8, 4) is 17.2 Å². The van der Waals surface area contributed by atoms with Gasteiger partial charge in [0.15, 0.2) is 5.16 Å². The first-order chi connectivity index (χ1) is 13.1. The number of anilines is 1. The maximum Gasteiger partial charge on any atom is 0.234 e. The summed E-state index contributed by atoms with van der Waals surface area (Å²) in [6, 6.07) is 10.9. The van der Waals surface area contributed by atoms with Crippen LogP contribution in [-0.2, 0) is 4.79 Å². The fourth-order valence-corrected chi connectivity index (χ4v) is 3.21. The maximum atomic E-state index is 12.3. The number of imidazole rings is 1. The lowest BCUT2D eigenvalue weighted by Crippen LogP contribution is -2.14. The Hall–Kier alpha value is -2.87. The minimum atomic E-state index is -0.165. The standard InChI is InChI=1S/C19H21N3O4S/c1-4-26-13-5-7-14-15(10-13)22-19(21-14)27-11-18(23)20-16-9-12(24-2)6-8-17(16)25-3/h5-10H,4,11H2,1-3H3,(H,20,23)(H,21,22). The monoisotopic (exact) mass is 387 g/mol. The first kappa shape index (κ1) is 18.9. The second-order valence-corrected chi connectivity index (χ2v) is 6.52. The van der Waals surface area contributed by atoms with E-state index in [1.807, 2.05) is 25.1 Å². The van der Waals surface area contributed by atoms with Gasteiger partial charge in [0.2, 0.25) is 5.91 Å². The normalized spacial score (nSPS) is 10.6. The Morgan fingerprint density at radius 2 is 1.96 bits per heavy atom. The third-order valence-corrected chi connectivity index (χ3v) is 4.64. The summed E-state index contributed by atoms with van der Waals surface area (Å²) in [5, 5.41) is 3.51. The molecule has 1 aromatic heterocycles. The number of nitrogens with one attached hydrogen (secondary N) is 2. The molecule has 0 aliphatic heterocycles. The number of rotatable bonds is 8. The molecule has 0 aliphatic rings. The van der Waals surface area contributed by atoms with E-state index < -0.39 is 0 Å². The maximum absolute atomic E-state index is 12.3. The second-order valence-electron chi connectivity index (χ2n) is 5.56. The first-order valence-electron chi connectivity index (χ1n) is 8.40. The first-order valence-corrected chi connectivity index (χ1v) is 9.38. The molecule has 142 valence electrons. The molecule has 0 radical (unpaired) electrons. The number of methoxy groups -OCH3 is 2. The van der Waals surface area contributed by atoms with E-state index in [9.17, 15) is 4.79 Å². The minimum absolute atomic E-state index is 0.165. The SMILES string of the molecule is CCOc1ccc2nc(SCC(=O)Nc3cc(OC)ccc3OC)[nH]c2c1. The molecule has 0 saturated heterocycles. The van der Waals surface area contributed by atoms with E-state index >= 15 is 0 Å². The number of ether oxygens (including phenoxy) is 3. The van der Waals surface area contributed by atoms with E-state index in [-0.39, 0.29) is 11.7 Å². The molecule has 0 fully saturated rings. The molecule has 27 heavy (non-hydrogen) atoms. The minimum Gasteiger partial charge on any atom is -0.497 e. The molecule has 0 unspecified atom stereocenters. The van der Waals surface area contributed by atoms with Crippen LogP contribution in [-0.4, -0.2) is 42.5 Å². The summed E-state index contributed by atoms with van der Waals surface area (Å²) < 4.78 is 15.9. The number of nitrogens with zero attached hydrogens (tertiary/aromatic N) is 1. The van der Waals surface area contributed by atoms with Gasteiger partial charge in [0.1, 0.15) is 17.2 Å². The molecule has 0 saturated carbocycles. The predicted octanol–water partition coefficient (Wildman–Crippen LogP) is 3.71. The highest BCUT2D eigenvalue weighted by molar-refractivity contribution is 7.99. The summed E-state index contributed by atoms with van der Waals surface area (Å²) in [6.07, 6.45) is 0. The van der Waals surface area contributed by atoms with Crippen LogP contribution in [0, 0.1) is 0 Å². The molecule has 0 bridgehead atoms. The Morgan fingerprint density at radius 1 is 1.15 bits per heavy atom. The summed E-state index contributed by atoms with van der Waals surface area (Å²) in [5.41, 5.74) is 2.27. The van der Waals surface area contributed by atoms with Crippen LogP contribution < -0.4 is 19.5 Å². The lowest BCUT2D eigenvalue weighted by atomic mass is 10.2. The number of aromatic nitrogens is 2. The van der Waals surface area contributed by atoms with Gasteiger partial charge in [-0.15, -0.1) is 0 Å². The van der Waals surface area contributed by atoms with E-state index in [4.69, 9.17) is 14.2 Å². The molecule has 3 aromatic rings. The van der Waals surface area contributed by atoms with Crippen molar-refractivity contribution in [2.45, 2.75) is 12.1 Å². The number of carbonyl (C=O) groups is 1. The number of aromatic amines is 1. The molecule has 2 aromatic carbocycles. The van der Waals surface area contributed by atoms with E-state index in [0.29, 0.717) is 28.9 Å². The molecule has 1 amide bonds. The number of hydrogen-bond donors (Lipinski definition) is 2. The molecular weight excluding hydrogens is 366 g/mol. The third-order valence-electron chi connectivity index (χ3n) is 3.76. The summed E-state index contributed by atoms with van der Waals surface area (Å²) in [6.45, 7) is 2.55. The highest BCUT2D eigenvalue weighted by Crippen LogP contribution is 2.29. The molecule has 0 aliphatic carbocycles. The number of H-pyrrole nitrogens is 1. The number of amides is 1. The number of thioether (sulfide) groups is 1. The van der Waals surface area contributed by atoms with Crippen molar-refractivity contribution in [3.63, 3.8) is 0 Å². The molecule has 8 heteroatoms. The zero-order valence-corrected chi connectivity index (χ0v) is 16.2. The smallest absolute Gasteiger partial charge is 0.234 e. The molecule has 0 atom stereocenters. The van der Waals surface area contributed by atoms with Crippen LogP contribution in [0.4, 0.5) is 5.69 Å². The van der Waals surface area contributed by atoms with Crippen LogP contribution in [0.15, 0.2) is 41.6 Å². The Bertz CT molecular complexity index is 942. The van der Waals surface area contributed by atoms with Crippen molar-refractivity contribution in [3.05, 3.63) is 36.4 Å². The molecule has 1 heterocycles. The van der Waals surface area contributed by atoms with Crippen LogP contribution >= 0.6 is 11.8 Å². The summed E-state index contributed by atoms with van der Waals surface area (Å²) in [4.78, 5) is 20.0. The molecule has 2 N–H and O–H groups in total. The van der Waals surface area contributed by atoms with Crippen molar-refractivity contribution in [1.29, 1.82) is 0 Å². The molecule has 7 nitrogen and oxygen atoms in total. The van der Waals surface area contributed by atoms with Crippen LogP contribution in [0.1, 0.15) is 6.92 Å². The lowest BCUT2D eigenvalue weighted by Gasteiger charge is -2.11. The fraction of sp³-hybridized carbons (Fsp3) is 0.263. The molecular formula is C19H21N3O4S. The Labute approximate surface area is 161 Å². The van der Waals surface area contributed by atoms with Crippen LogP contribution in [0.5, 0.6) is 17.2 Å². The fourth-order valence-electron chi connectivity index (χ4n) is 2.52. The van der Waals surface area contributed by atoms with E-state index in [1.54, 1.807) is 32.4 Å². The summed E-state index contributed by atoms with van der Waals surface area (Å²) in [7, 11) is 3.12. The van der Waals surface area contributed by atoms with E-state index in [0.717, 1.165) is 16.8 Å². The molecule has 3 rings (SSSR count). The van der Waals surface area contributed by atoms with Gasteiger partial charge in [0.25, 0.3) is 0 Å². The second kappa shape index (κ2) is 8.68. The van der Waals surface area contributed by atoms with Gasteiger partial charge >= 0.3 is 0 Å². The number of benzene rings is 2. The molecule has 0 spiro atoms. The van der Waals surface area contributed by atoms with Gasteiger partial charge < -0.3 is 24.5 Å². The predicted molar refractivity (Wildman–Crippen MR) is 106 cm³/mol. The van der Waals surface area contributed by atoms with E-state index in [1.165, 1.54) is 11.8 Å². The lowest BCUT2D eigenvalue weighted by molar-refractivity contribution is -0.113. The van der Waals surface area contributed by atoms with Gasteiger partial charge in [-0.1, -0.05) is 11.8 Å². The Balaban J connectivity index is 1.64. The van der Waals surface area contributed by atoms with Crippen molar-refractivity contribution in [2.75, 3.05) is 31.9 Å². The summed E-state index contributed by atoms with van der Waals surface area (Å²) in [5.74, 6) is 2.04. The van der Waals surface area contributed by atoms with Crippen LogP contribution in [0.25, 0.3) is 11.0 Å². The van der Waals surface area contributed by atoms with Crippen LogP contribution in [0.3, 0.4) is 0 Å². The largest absolute Gasteiger partial charge is 0.497 e. The average molecular weight is 387 g/mol. The van der Waals surface area contributed by atoms with Gasteiger partial charge in [-0.05, 0) is 31.2 Å². The van der Waals surface area contributed by atoms with Gasteiger partial charge in [-0.3, -0.25) is 4.79 Å². The zero-order valence-electron chi connectivity index (χ0n) is 15.4. The number of carbonyl (C=O) groups excluding carboxylic acids is 1. The van der Waals surface area contributed by atoms with Gasteiger partial charge in [-0.2, -0.15) is 0 Å². The third kappa shape index (κ3) is 4.65. The summed E-state index contributed by atoms with van der Waals surface area (Å²) >= 11 is 1.32. The van der Waals surface area contributed by atoms with Gasteiger partial charge in [-0.25, -0.2) is 4.98 Å². The van der Waals surface area contributed by atoms with Crippen molar-refractivity contribution in [2.24, 2.45) is 0 Å². The van der Waals surface area contributed by atoms with E-state index in [2.05, 4.69) is 15.3 Å². The Kier molecular flexibility index (Phi) is 6.08. The van der Waals surface area contributed by atoms with Gasteiger partial charge in [0, 0.05) is 12.1 Å². The van der Waals surface area contributed by atoms with Crippen LogP contribution in [0.2, 0.25) is 0 Å². The average Bonchev–Trinajstić information content (AvgIpc) is 3.09. The number of hydrogen-bond acceptors (Lipinski definition) is 6. The number of fused-ring (bicyclic) bond motifs is 1. The highest BCUT2D eigenvalue weighted by Gasteiger charge is 2.11. The highest BCUT2D eigenvalue weighted by atomic mass is 32.2. The van der Waals surface area contributed by atoms with Crippen molar-refractivity contribution >= 4 is 34.4 Å². The quantitative estimate of drug-likeness (QED) is 0.573. The van der Waals surface area contributed by atoms with Crippen molar-refractivity contribution in [1.82, 2.24) is 9.97 Å². The van der Waals surface area contributed by atoms with Crippen molar-refractivity contribution < 1.29 is 19.0 Å². The zero-order chi connectivity index (χ0) is 19.2.